The van der Waals surface area contributed by atoms with Crippen molar-refractivity contribution in [2.24, 2.45) is 5.92 Å². The van der Waals surface area contributed by atoms with Gasteiger partial charge in [0, 0.05) is 36.1 Å². The molecule has 1 aromatic carbocycles. The zero-order valence-electron chi connectivity index (χ0n) is 18.8. The number of ether oxygens (including phenoxy) is 1. The molecule has 0 spiro atoms. The Morgan fingerprint density at radius 2 is 1.94 bits per heavy atom. The van der Waals surface area contributed by atoms with E-state index in [1.807, 2.05) is 4.90 Å². The minimum atomic E-state index is -3.78. The molecule has 1 saturated heterocycles. The number of halogens is 2. The van der Waals surface area contributed by atoms with Crippen molar-refractivity contribution >= 4 is 72.9 Å². The Hall–Kier alpha value is -1.43. The van der Waals surface area contributed by atoms with Crippen molar-refractivity contribution in [1.82, 2.24) is 9.21 Å². The Morgan fingerprint density at radius 3 is 2.62 bits per heavy atom. The van der Waals surface area contributed by atoms with Crippen LogP contribution in [0.25, 0.3) is 0 Å². The molecule has 7 nitrogen and oxygen atoms in total. The third-order valence-electron chi connectivity index (χ3n) is 6.16. The quantitative estimate of drug-likeness (QED) is 0.429. The van der Waals surface area contributed by atoms with E-state index in [1.165, 1.54) is 28.4 Å². The summed E-state index contributed by atoms with van der Waals surface area (Å²) in [5, 5.41) is 4.82. The molecule has 2 aromatic rings. The van der Waals surface area contributed by atoms with E-state index in [9.17, 15) is 13.2 Å². The van der Waals surface area contributed by atoms with E-state index in [0.717, 1.165) is 24.8 Å². The molecule has 34 heavy (non-hydrogen) atoms. The largest absolute Gasteiger partial charge is 0.465 e. The molecule has 0 bridgehead atoms. The Morgan fingerprint density at radius 1 is 1.24 bits per heavy atom. The van der Waals surface area contributed by atoms with Crippen molar-refractivity contribution in [3.63, 3.8) is 0 Å². The fraction of sp³-hybridized carbons (Fsp3) is 0.455. The van der Waals surface area contributed by atoms with Gasteiger partial charge in [0.2, 0.25) is 10.0 Å². The summed E-state index contributed by atoms with van der Waals surface area (Å²) >= 11 is 19.3. The molecule has 1 aliphatic heterocycles. The lowest BCUT2D eigenvalue weighted by Crippen LogP contribution is -2.51. The number of benzene rings is 1. The molecule has 2 heterocycles. The van der Waals surface area contributed by atoms with E-state index in [4.69, 9.17) is 40.2 Å². The van der Waals surface area contributed by atoms with Crippen LogP contribution in [0.4, 0.5) is 5.00 Å². The minimum absolute atomic E-state index is 0.00284. The van der Waals surface area contributed by atoms with Crippen LogP contribution in [-0.2, 0) is 27.6 Å². The van der Waals surface area contributed by atoms with E-state index >= 15 is 0 Å². The maximum absolute atomic E-state index is 13.1. The number of carbonyl (C=O) groups is 1. The predicted octanol–water partition coefficient (Wildman–Crippen LogP) is 4.67. The van der Waals surface area contributed by atoms with E-state index in [-0.39, 0.29) is 29.0 Å². The number of thiocarbonyl (C=S) groups is 1. The van der Waals surface area contributed by atoms with Crippen LogP contribution in [-0.4, -0.2) is 62.0 Å². The lowest BCUT2D eigenvalue weighted by atomic mass is 9.88. The summed E-state index contributed by atoms with van der Waals surface area (Å²) in [5.41, 5.74) is 1.61. The average Bonchev–Trinajstić information content (AvgIpc) is 3.16. The van der Waals surface area contributed by atoms with Crippen molar-refractivity contribution in [1.29, 1.82) is 0 Å². The normalized spacial score (nSPS) is 18.9. The van der Waals surface area contributed by atoms with E-state index in [2.05, 4.69) is 12.2 Å². The van der Waals surface area contributed by atoms with E-state index in [1.54, 1.807) is 17.4 Å². The zero-order chi connectivity index (χ0) is 24.6. The molecule has 184 valence electrons. The number of carbonyl (C=O) groups excluding carboxylic acids is 1. The first-order chi connectivity index (χ1) is 16.1. The Kier molecular flexibility index (Phi) is 7.76. The third kappa shape index (κ3) is 5.08. The minimum Gasteiger partial charge on any atom is -0.465 e. The second-order valence-corrected chi connectivity index (χ2v) is 12.7. The molecule has 1 unspecified atom stereocenters. The van der Waals surface area contributed by atoms with E-state index < -0.39 is 10.0 Å². The molecule has 0 amide bonds. The third-order valence-corrected chi connectivity index (χ3v) is 10.3. The van der Waals surface area contributed by atoms with Crippen molar-refractivity contribution in [3.8, 4) is 0 Å². The number of sulfonamides is 1. The monoisotopic (exact) mass is 561 g/mol. The summed E-state index contributed by atoms with van der Waals surface area (Å²) in [5.74, 6) is 0.200. The number of thiophene rings is 1. The smallest absolute Gasteiger partial charge is 0.341 e. The first-order valence-electron chi connectivity index (χ1n) is 10.9. The van der Waals surface area contributed by atoms with Crippen LogP contribution in [0.3, 0.4) is 0 Å². The van der Waals surface area contributed by atoms with Gasteiger partial charge in [0.1, 0.15) is 9.90 Å². The van der Waals surface area contributed by atoms with Gasteiger partial charge in [-0.25, -0.2) is 13.2 Å². The van der Waals surface area contributed by atoms with Gasteiger partial charge < -0.3 is 15.0 Å². The number of piperazine rings is 1. The highest BCUT2D eigenvalue weighted by molar-refractivity contribution is 7.89. The van der Waals surface area contributed by atoms with Gasteiger partial charge in [-0.3, -0.25) is 0 Å². The Bertz CT molecular complexity index is 1220. The molecule has 1 aliphatic carbocycles. The highest BCUT2D eigenvalue weighted by Gasteiger charge is 2.32. The average molecular weight is 563 g/mol. The highest BCUT2D eigenvalue weighted by atomic mass is 35.5. The van der Waals surface area contributed by atoms with Crippen LogP contribution >= 0.6 is 46.8 Å². The maximum Gasteiger partial charge on any atom is 0.341 e. The van der Waals surface area contributed by atoms with Gasteiger partial charge >= 0.3 is 5.97 Å². The molecule has 1 N–H and O–H groups in total. The number of anilines is 1. The van der Waals surface area contributed by atoms with Crippen LogP contribution in [0.5, 0.6) is 0 Å². The number of esters is 1. The van der Waals surface area contributed by atoms with Gasteiger partial charge in [-0.2, -0.15) is 4.31 Å². The molecule has 12 heteroatoms. The predicted molar refractivity (Wildman–Crippen MR) is 140 cm³/mol. The maximum atomic E-state index is 13.1. The van der Waals surface area contributed by atoms with Gasteiger partial charge in [0.25, 0.3) is 0 Å². The van der Waals surface area contributed by atoms with Gasteiger partial charge in [0.05, 0.1) is 17.7 Å². The van der Waals surface area contributed by atoms with Crippen molar-refractivity contribution in [2.75, 3.05) is 38.6 Å². The fourth-order valence-electron chi connectivity index (χ4n) is 4.28. The number of nitrogens with zero attached hydrogens (tertiary/aromatic N) is 2. The number of nitrogens with one attached hydrogen (secondary N) is 1. The van der Waals surface area contributed by atoms with Crippen LogP contribution in [0.1, 0.15) is 34.1 Å². The van der Waals surface area contributed by atoms with Crippen LogP contribution in [0.15, 0.2) is 23.1 Å². The van der Waals surface area contributed by atoms with Crippen molar-refractivity contribution in [2.45, 2.75) is 31.1 Å². The van der Waals surface area contributed by atoms with Crippen molar-refractivity contribution in [3.05, 3.63) is 44.2 Å². The van der Waals surface area contributed by atoms with Gasteiger partial charge in [0.15, 0.2) is 5.11 Å². The topological polar surface area (TPSA) is 79.0 Å². The second-order valence-electron chi connectivity index (χ2n) is 8.44. The summed E-state index contributed by atoms with van der Waals surface area (Å²) in [4.78, 5) is 15.6. The summed E-state index contributed by atoms with van der Waals surface area (Å²) in [6.07, 6.45) is 2.81. The first kappa shape index (κ1) is 25.7. The molecule has 2 aliphatic rings. The van der Waals surface area contributed by atoms with Crippen LogP contribution in [0.2, 0.25) is 10.0 Å². The highest BCUT2D eigenvalue weighted by Crippen LogP contribution is 2.40. The van der Waals surface area contributed by atoms with E-state index in [0.29, 0.717) is 39.7 Å². The number of methoxy groups -OCH3 is 1. The lowest BCUT2D eigenvalue weighted by molar-refractivity contribution is 0.0600. The molecule has 1 aromatic heterocycles. The molecule has 1 atom stereocenters. The zero-order valence-corrected chi connectivity index (χ0v) is 22.7. The Labute approximate surface area is 219 Å². The summed E-state index contributed by atoms with van der Waals surface area (Å²) in [6, 6.07) is 4.40. The first-order valence-corrected chi connectivity index (χ1v) is 14.3. The number of hydrogen-bond donors (Lipinski definition) is 1. The van der Waals surface area contributed by atoms with Crippen molar-refractivity contribution < 1.29 is 17.9 Å². The molecular weight excluding hydrogens is 537 g/mol. The van der Waals surface area contributed by atoms with Gasteiger partial charge in [-0.1, -0.05) is 30.1 Å². The summed E-state index contributed by atoms with van der Waals surface area (Å²) in [7, 11) is -2.40. The van der Waals surface area contributed by atoms with Crippen LogP contribution in [0, 0.1) is 5.92 Å². The number of fused-ring (bicyclic) bond motifs is 1. The number of hydrogen-bond acceptors (Lipinski definition) is 6. The molecule has 0 radical (unpaired) electrons. The fourth-order valence-corrected chi connectivity index (χ4v) is 8.19. The molecular formula is C22H25Cl2N3O4S3. The standard InChI is InChI=1S/C22H25Cl2N3O4S3/c1-13-3-5-15-17(11-13)33-20(19(15)21(28)31-2)25-22(32)26-7-9-27(10-8-26)34(29,30)18-12-14(23)4-6-16(18)24/h4,6,12-13H,3,5,7-11H2,1-2H3,(H,25,32). The molecule has 4 rings (SSSR count). The lowest BCUT2D eigenvalue weighted by Gasteiger charge is -2.35. The summed E-state index contributed by atoms with van der Waals surface area (Å²) < 4.78 is 32.6. The SMILES string of the molecule is COC(=O)c1c(NC(=S)N2CCN(S(=O)(=O)c3cc(Cl)ccc3Cl)CC2)sc2c1CCC(C)C2. The van der Waals surface area contributed by atoms with Gasteiger partial charge in [-0.05, 0) is 61.2 Å². The van der Waals surface area contributed by atoms with Gasteiger partial charge in [-0.15, -0.1) is 11.3 Å². The molecule has 0 saturated carbocycles. The number of rotatable bonds is 4. The second kappa shape index (κ2) is 10.3. The summed E-state index contributed by atoms with van der Waals surface area (Å²) in [6.45, 7) is 3.50. The Balaban J connectivity index is 1.47. The molecule has 1 fully saturated rings. The van der Waals surface area contributed by atoms with Crippen LogP contribution < -0.4 is 5.32 Å².